The van der Waals surface area contributed by atoms with Gasteiger partial charge < -0.3 is 10.0 Å². The number of amides is 1. The molecule has 1 heterocycles. The number of aromatic nitrogens is 2. The Morgan fingerprint density at radius 3 is 2.70 bits per heavy atom. The molecule has 0 atom stereocenters. The van der Waals surface area contributed by atoms with Crippen molar-refractivity contribution < 1.29 is 9.90 Å². The van der Waals surface area contributed by atoms with Gasteiger partial charge in [0.1, 0.15) is 5.75 Å². The first kappa shape index (κ1) is 12.2. The second-order valence-electron chi connectivity index (χ2n) is 4.55. The van der Waals surface area contributed by atoms with Gasteiger partial charge in [0.2, 0.25) is 0 Å². The van der Waals surface area contributed by atoms with E-state index in [9.17, 15) is 9.90 Å². The topological polar surface area (TPSA) is 69.2 Å². The molecule has 1 amide bonds. The number of aromatic hydroxyl groups is 1. The SMILES string of the molecule is CN(C(=O)c1ccc2[nH]ncc2c1)c1ccc(O)cc1. The van der Waals surface area contributed by atoms with E-state index in [4.69, 9.17) is 0 Å². The van der Waals surface area contributed by atoms with Gasteiger partial charge in [0, 0.05) is 23.7 Å². The average molecular weight is 267 g/mol. The number of nitrogens with zero attached hydrogens (tertiary/aromatic N) is 2. The molecule has 20 heavy (non-hydrogen) atoms. The zero-order valence-electron chi connectivity index (χ0n) is 10.9. The van der Waals surface area contributed by atoms with Crippen LogP contribution < -0.4 is 4.90 Å². The minimum Gasteiger partial charge on any atom is -0.508 e. The molecule has 0 aliphatic rings. The van der Waals surface area contributed by atoms with Gasteiger partial charge >= 0.3 is 0 Å². The fraction of sp³-hybridized carbons (Fsp3) is 0.0667. The van der Waals surface area contributed by atoms with Crippen LogP contribution in [0.3, 0.4) is 0 Å². The number of carbonyl (C=O) groups is 1. The van der Waals surface area contributed by atoms with Gasteiger partial charge in [-0.25, -0.2) is 0 Å². The van der Waals surface area contributed by atoms with Crippen molar-refractivity contribution in [2.75, 3.05) is 11.9 Å². The number of fused-ring (bicyclic) bond motifs is 1. The van der Waals surface area contributed by atoms with E-state index < -0.39 is 0 Å². The van der Waals surface area contributed by atoms with Crippen molar-refractivity contribution in [2.24, 2.45) is 0 Å². The Morgan fingerprint density at radius 1 is 1.20 bits per heavy atom. The molecule has 2 aromatic carbocycles. The first-order chi connectivity index (χ1) is 9.65. The number of aromatic amines is 1. The van der Waals surface area contributed by atoms with Crippen LogP contribution in [0.15, 0.2) is 48.7 Å². The van der Waals surface area contributed by atoms with Crippen molar-refractivity contribution in [2.45, 2.75) is 0 Å². The molecule has 0 unspecified atom stereocenters. The summed E-state index contributed by atoms with van der Waals surface area (Å²) in [6, 6.07) is 11.9. The molecule has 5 nitrogen and oxygen atoms in total. The second-order valence-corrected chi connectivity index (χ2v) is 4.55. The lowest BCUT2D eigenvalue weighted by Gasteiger charge is -2.17. The van der Waals surface area contributed by atoms with Crippen LogP contribution in [-0.2, 0) is 0 Å². The summed E-state index contributed by atoms with van der Waals surface area (Å²) in [7, 11) is 1.70. The monoisotopic (exact) mass is 267 g/mol. The number of hydrogen-bond donors (Lipinski definition) is 2. The van der Waals surface area contributed by atoms with E-state index in [0.29, 0.717) is 5.56 Å². The number of benzene rings is 2. The molecule has 100 valence electrons. The second kappa shape index (κ2) is 4.70. The number of phenols is 1. The Balaban J connectivity index is 1.92. The highest BCUT2D eigenvalue weighted by molar-refractivity contribution is 6.07. The number of phenolic OH excluding ortho intramolecular Hbond substituents is 1. The Hall–Kier alpha value is -2.82. The molecular formula is C15H13N3O2. The fourth-order valence-electron chi connectivity index (χ4n) is 2.06. The smallest absolute Gasteiger partial charge is 0.258 e. The summed E-state index contributed by atoms with van der Waals surface area (Å²) in [5.74, 6) is 0.0632. The van der Waals surface area contributed by atoms with E-state index in [1.165, 1.54) is 0 Å². The summed E-state index contributed by atoms with van der Waals surface area (Å²) in [4.78, 5) is 14.0. The maximum atomic E-state index is 12.4. The Kier molecular flexibility index (Phi) is 2.87. The van der Waals surface area contributed by atoms with Crippen LogP contribution in [0.2, 0.25) is 0 Å². The van der Waals surface area contributed by atoms with E-state index >= 15 is 0 Å². The maximum absolute atomic E-state index is 12.4. The molecule has 3 aromatic rings. The zero-order chi connectivity index (χ0) is 14.1. The number of H-pyrrole nitrogens is 1. The molecule has 0 aliphatic heterocycles. The summed E-state index contributed by atoms with van der Waals surface area (Å²) in [6.45, 7) is 0. The summed E-state index contributed by atoms with van der Waals surface area (Å²) in [5, 5.41) is 17.0. The zero-order valence-corrected chi connectivity index (χ0v) is 10.9. The van der Waals surface area contributed by atoms with Gasteiger partial charge in [-0.1, -0.05) is 0 Å². The minimum atomic E-state index is -0.112. The summed E-state index contributed by atoms with van der Waals surface area (Å²) in [5.41, 5.74) is 2.21. The molecule has 0 fully saturated rings. The highest BCUT2D eigenvalue weighted by Gasteiger charge is 2.14. The van der Waals surface area contributed by atoms with E-state index in [-0.39, 0.29) is 11.7 Å². The minimum absolute atomic E-state index is 0.112. The van der Waals surface area contributed by atoms with Crippen molar-refractivity contribution in [3.8, 4) is 5.75 Å². The largest absolute Gasteiger partial charge is 0.508 e. The van der Waals surface area contributed by atoms with Crippen molar-refractivity contribution in [1.82, 2.24) is 10.2 Å². The van der Waals surface area contributed by atoms with Gasteiger partial charge in [0.25, 0.3) is 5.91 Å². The quantitative estimate of drug-likeness (QED) is 0.749. The number of carbonyl (C=O) groups excluding carboxylic acids is 1. The third-order valence-corrected chi connectivity index (χ3v) is 3.23. The highest BCUT2D eigenvalue weighted by atomic mass is 16.3. The average Bonchev–Trinajstić information content (AvgIpc) is 2.94. The molecule has 5 heteroatoms. The lowest BCUT2D eigenvalue weighted by Crippen LogP contribution is -2.26. The first-order valence-corrected chi connectivity index (χ1v) is 6.15. The molecule has 0 bridgehead atoms. The Morgan fingerprint density at radius 2 is 1.95 bits per heavy atom. The van der Waals surface area contributed by atoms with Crippen LogP contribution in [0, 0.1) is 0 Å². The van der Waals surface area contributed by atoms with Gasteiger partial charge in [-0.3, -0.25) is 9.89 Å². The molecular weight excluding hydrogens is 254 g/mol. The third kappa shape index (κ3) is 2.09. The molecule has 0 spiro atoms. The fourth-order valence-corrected chi connectivity index (χ4v) is 2.06. The first-order valence-electron chi connectivity index (χ1n) is 6.15. The van der Waals surface area contributed by atoms with Crippen molar-refractivity contribution in [3.05, 3.63) is 54.2 Å². The molecule has 0 saturated heterocycles. The van der Waals surface area contributed by atoms with Crippen LogP contribution in [0.5, 0.6) is 5.75 Å². The van der Waals surface area contributed by atoms with E-state index in [2.05, 4.69) is 10.2 Å². The number of nitrogens with one attached hydrogen (secondary N) is 1. The number of rotatable bonds is 2. The molecule has 2 N–H and O–H groups in total. The summed E-state index contributed by atoms with van der Waals surface area (Å²) < 4.78 is 0. The van der Waals surface area contributed by atoms with Crippen molar-refractivity contribution >= 4 is 22.5 Å². The predicted octanol–water partition coefficient (Wildman–Crippen LogP) is 2.55. The summed E-state index contributed by atoms with van der Waals surface area (Å²) in [6.07, 6.45) is 1.69. The van der Waals surface area contributed by atoms with Gasteiger partial charge in [-0.15, -0.1) is 0 Å². The normalized spacial score (nSPS) is 10.7. The van der Waals surface area contributed by atoms with Crippen LogP contribution in [0.1, 0.15) is 10.4 Å². The standard InChI is InChI=1S/C15H13N3O2/c1-18(12-3-5-13(19)6-4-12)15(20)10-2-7-14-11(8-10)9-16-17-14/h2-9,19H,1H3,(H,16,17). The molecule has 3 rings (SSSR count). The lowest BCUT2D eigenvalue weighted by molar-refractivity contribution is 0.0993. The van der Waals surface area contributed by atoms with Crippen LogP contribution in [-0.4, -0.2) is 28.3 Å². The van der Waals surface area contributed by atoms with Crippen LogP contribution >= 0.6 is 0 Å². The maximum Gasteiger partial charge on any atom is 0.258 e. The van der Waals surface area contributed by atoms with Gasteiger partial charge in [0.15, 0.2) is 0 Å². The third-order valence-electron chi connectivity index (χ3n) is 3.23. The van der Waals surface area contributed by atoms with E-state index in [1.54, 1.807) is 54.5 Å². The van der Waals surface area contributed by atoms with Gasteiger partial charge in [-0.05, 0) is 42.5 Å². The molecule has 0 aliphatic carbocycles. The van der Waals surface area contributed by atoms with E-state index in [1.807, 2.05) is 6.07 Å². The van der Waals surface area contributed by atoms with Gasteiger partial charge in [0.05, 0.1) is 11.7 Å². The van der Waals surface area contributed by atoms with E-state index in [0.717, 1.165) is 16.6 Å². The highest BCUT2D eigenvalue weighted by Crippen LogP contribution is 2.20. The number of anilines is 1. The van der Waals surface area contributed by atoms with Crippen molar-refractivity contribution in [1.29, 1.82) is 0 Å². The number of hydrogen-bond acceptors (Lipinski definition) is 3. The Labute approximate surface area is 115 Å². The van der Waals surface area contributed by atoms with Crippen molar-refractivity contribution in [3.63, 3.8) is 0 Å². The van der Waals surface area contributed by atoms with Gasteiger partial charge in [-0.2, -0.15) is 5.10 Å². The summed E-state index contributed by atoms with van der Waals surface area (Å²) >= 11 is 0. The predicted molar refractivity (Wildman–Crippen MR) is 76.9 cm³/mol. The van der Waals surface area contributed by atoms with Crippen LogP contribution in [0.25, 0.3) is 10.9 Å². The lowest BCUT2D eigenvalue weighted by atomic mass is 10.1. The molecule has 1 aromatic heterocycles. The van der Waals surface area contributed by atoms with Crippen LogP contribution in [0.4, 0.5) is 5.69 Å². The molecule has 0 saturated carbocycles. The molecule has 0 radical (unpaired) electrons. The Bertz CT molecular complexity index is 762.